The summed E-state index contributed by atoms with van der Waals surface area (Å²) in [5, 5.41) is 0. The van der Waals surface area contributed by atoms with Crippen molar-refractivity contribution in [2.24, 2.45) is 10.8 Å². The van der Waals surface area contributed by atoms with Crippen LogP contribution in [0.1, 0.15) is 41.0 Å². The van der Waals surface area contributed by atoms with Crippen molar-refractivity contribution in [1.29, 1.82) is 0 Å². The number of hydrogen-bond donors (Lipinski definition) is 0. The molecule has 1 aliphatic rings. The Hall–Kier alpha value is -1.12. The van der Waals surface area contributed by atoms with E-state index >= 15 is 0 Å². The maximum absolute atomic E-state index is 12.0. The molecular weight excluding hydrogens is 204 g/mol. The average Bonchev–Trinajstić information content (AvgIpc) is 2.68. The highest BCUT2D eigenvalue weighted by Gasteiger charge is 2.66. The first-order chi connectivity index (χ1) is 7.25. The second-order valence-electron chi connectivity index (χ2n) is 5.49. The Morgan fingerprint density at radius 3 is 2.19 bits per heavy atom. The third-order valence-electron chi connectivity index (χ3n) is 3.17. The van der Waals surface area contributed by atoms with Crippen LogP contribution in [0.15, 0.2) is 11.6 Å². The highest BCUT2D eigenvalue weighted by molar-refractivity contribution is 5.86. The number of ether oxygens (including phenoxy) is 1. The molecule has 1 unspecified atom stereocenters. The van der Waals surface area contributed by atoms with Crippen LogP contribution < -0.4 is 0 Å². The summed E-state index contributed by atoms with van der Waals surface area (Å²) < 4.78 is 5.26. The van der Waals surface area contributed by atoms with Gasteiger partial charge in [0, 0.05) is 0 Å². The summed E-state index contributed by atoms with van der Waals surface area (Å²) in [5.41, 5.74) is -0.114. The van der Waals surface area contributed by atoms with E-state index in [1.54, 1.807) is 13.0 Å². The Bertz CT molecular complexity index is 339. The summed E-state index contributed by atoms with van der Waals surface area (Å²) >= 11 is 0. The van der Waals surface area contributed by atoms with E-state index in [1.165, 1.54) is 0 Å². The Balaban J connectivity index is 2.93. The van der Waals surface area contributed by atoms with Gasteiger partial charge in [0.25, 0.3) is 0 Å². The van der Waals surface area contributed by atoms with Gasteiger partial charge in [0.1, 0.15) is 6.29 Å². The number of allylic oxidation sites excluding steroid dienone is 1. The maximum atomic E-state index is 12.0. The molecule has 0 saturated heterocycles. The standard InChI is InChI=1S/C13H20O3/c1-9(2)16-11(15)13(6-10(3)7-14)8-12(13,4)5/h6-7,9H,8H2,1-5H3. The number of esters is 1. The first kappa shape index (κ1) is 12.9. The van der Waals surface area contributed by atoms with E-state index in [1.807, 2.05) is 27.7 Å². The van der Waals surface area contributed by atoms with Crippen LogP contribution in [0.25, 0.3) is 0 Å². The van der Waals surface area contributed by atoms with E-state index in [0.29, 0.717) is 5.57 Å². The van der Waals surface area contributed by atoms with E-state index in [-0.39, 0.29) is 17.5 Å². The summed E-state index contributed by atoms with van der Waals surface area (Å²) in [6.45, 7) is 9.41. The van der Waals surface area contributed by atoms with Gasteiger partial charge >= 0.3 is 5.97 Å². The maximum Gasteiger partial charge on any atom is 0.316 e. The van der Waals surface area contributed by atoms with Crippen molar-refractivity contribution < 1.29 is 14.3 Å². The predicted octanol–water partition coefficient (Wildman–Crippen LogP) is 2.50. The SMILES string of the molecule is CC(C=O)=CC1(C(=O)OC(C)C)CC1(C)C. The molecule has 1 fully saturated rings. The zero-order valence-electron chi connectivity index (χ0n) is 10.7. The van der Waals surface area contributed by atoms with Gasteiger partial charge in [-0.3, -0.25) is 9.59 Å². The number of aldehydes is 1. The van der Waals surface area contributed by atoms with Crippen molar-refractivity contribution >= 4 is 12.3 Å². The molecule has 0 spiro atoms. The minimum atomic E-state index is -0.595. The topological polar surface area (TPSA) is 43.4 Å². The van der Waals surface area contributed by atoms with Crippen LogP contribution in [-0.4, -0.2) is 18.4 Å². The number of hydrogen-bond acceptors (Lipinski definition) is 3. The highest BCUT2D eigenvalue weighted by atomic mass is 16.5. The molecule has 90 valence electrons. The summed E-state index contributed by atoms with van der Waals surface area (Å²) in [7, 11) is 0. The molecular formula is C13H20O3. The minimum absolute atomic E-state index is 0.108. The second kappa shape index (κ2) is 4.04. The van der Waals surface area contributed by atoms with E-state index in [4.69, 9.17) is 4.74 Å². The summed E-state index contributed by atoms with van der Waals surface area (Å²) in [5.74, 6) is -0.214. The van der Waals surface area contributed by atoms with Gasteiger partial charge in [-0.2, -0.15) is 0 Å². The Labute approximate surface area is 96.9 Å². The molecule has 0 aromatic carbocycles. The first-order valence-corrected chi connectivity index (χ1v) is 5.61. The van der Waals surface area contributed by atoms with Crippen LogP contribution >= 0.6 is 0 Å². The summed E-state index contributed by atoms with van der Waals surface area (Å²) in [6, 6.07) is 0. The molecule has 0 heterocycles. The molecule has 1 saturated carbocycles. The summed E-state index contributed by atoms with van der Waals surface area (Å²) in [6.07, 6.45) is 3.16. The lowest BCUT2D eigenvalue weighted by molar-refractivity contribution is -0.153. The van der Waals surface area contributed by atoms with Gasteiger partial charge in [0.05, 0.1) is 11.5 Å². The lowest BCUT2D eigenvalue weighted by Gasteiger charge is -2.17. The molecule has 3 heteroatoms. The van der Waals surface area contributed by atoms with Gasteiger partial charge in [-0.1, -0.05) is 19.9 Å². The van der Waals surface area contributed by atoms with Crippen LogP contribution in [0.5, 0.6) is 0 Å². The highest BCUT2D eigenvalue weighted by Crippen LogP contribution is 2.65. The number of carbonyl (C=O) groups excluding carboxylic acids is 2. The van der Waals surface area contributed by atoms with E-state index in [2.05, 4.69) is 0 Å². The van der Waals surface area contributed by atoms with E-state index in [9.17, 15) is 9.59 Å². The van der Waals surface area contributed by atoms with Crippen LogP contribution in [-0.2, 0) is 14.3 Å². The van der Waals surface area contributed by atoms with Gasteiger partial charge < -0.3 is 4.74 Å². The van der Waals surface area contributed by atoms with Crippen molar-refractivity contribution in [3.8, 4) is 0 Å². The third-order valence-corrected chi connectivity index (χ3v) is 3.17. The van der Waals surface area contributed by atoms with E-state index in [0.717, 1.165) is 12.7 Å². The molecule has 3 nitrogen and oxygen atoms in total. The predicted molar refractivity (Wildman–Crippen MR) is 61.9 cm³/mol. The quantitative estimate of drug-likeness (QED) is 0.418. The molecule has 0 bridgehead atoms. The Morgan fingerprint density at radius 2 is 1.88 bits per heavy atom. The molecule has 0 N–H and O–H groups in total. The smallest absolute Gasteiger partial charge is 0.316 e. The van der Waals surface area contributed by atoms with Crippen molar-refractivity contribution in [3.05, 3.63) is 11.6 Å². The van der Waals surface area contributed by atoms with Crippen molar-refractivity contribution in [1.82, 2.24) is 0 Å². The minimum Gasteiger partial charge on any atom is -0.462 e. The molecule has 0 aliphatic heterocycles. The molecule has 0 radical (unpaired) electrons. The molecule has 1 aliphatic carbocycles. The normalized spacial score (nSPS) is 27.8. The molecule has 1 atom stereocenters. The van der Waals surface area contributed by atoms with Crippen LogP contribution in [0.3, 0.4) is 0 Å². The molecule has 1 rings (SSSR count). The zero-order valence-corrected chi connectivity index (χ0v) is 10.7. The Kier molecular flexibility index (Phi) is 3.27. The summed E-state index contributed by atoms with van der Waals surface area (Å²) in [4.78, 5) is 22.7. The largest absolute Gasteiger partial charge is 0.462 e. The van der Waals surface area contributed by atoms with Crippen LogP contribution in [0.2, 0.25) is 0 Å². The molecule has 16 heavy (non-hydrogen) atoms. The van der Waals surface area contributed by atoms with Gasteiger partial charge in [0.2, 0.25) is 0 Å². The Morgan fingerprint density at radius 1 is 1.38 bits per heavy atom. The number of rotatable bonds is 4. The van der Waals surface area contributed by atoms with Crippen molar-refractivity contribution in [3.63, 3.8) is 0 Å². The van der Waals surface area contributed by atoms with Crippen LogP contribution in [0.4, 0.5) is 0 Å². The van der Waals surface area contributed by atoms with Crippen molar-refractivity contribution in [2.45, 2.75) is 47.1 Å². The fraction of sp³-hybridized carbons (Fsp3) is 0.692. The lowest BCUT2D eigenvalue weighted by Crippen LogP contribution is -2.25. The molecule has 0 aromatic rings. The monoisotopic (exact) mass is 224 g/mol. The first-order valence-electron chi connectivity index (χ1n) is 5.61. The van der Waals surface area contributed by atoms with Gasteiger partial charge in [-0.15, -0.1) is 0 Å². The number of carbonyl (C=O) groups is 2. The van der Waals surface area contributed by atoms with Gasteiger partial charge in [0.15, 0.2) is 0 Å². The van der Waals surface area contributed by atoms with Gasteiger partial charge in [-0.05, 0) is 38.2 Å². The lowest BCUT2D eigenvalue weighted by atomic mass is 9.93. The molecule has 0 amide bonds. The van der Waals surface area contributed by atoms with Crippen molar-refractivity contribution in [2.75, 3.05) is 0 Å². The fourth-order valence-corrected chi connectivity index (χ4v) is 2.05. The zero-order chi connectivity index (χ0) is 12.6. The van der Waals surface area contributed by atoms with Gasteiger partial charge in [-0.25, -0.2) is 0 Å². The third kappa shape index (κ3) is 2.18. The fourth-order valence-electron chi connectivity index (χ4n) is 2.05. The average molecular weight is 224 g/mol. The van der Waals surface area contributed by atoms with Crippen LogP contribution in [0, 0.1) is 10.8 Å². The molecule has 0 aromatic heterocycles. The second-order valence-corrected chi connectivity index (χ2v) is 5.49. The van der Waals surface area contributed by atoms with E-state index < -0.39 is 5.41 Å².